The van der Waals surface area contributed by atoms with Gasteiger partial charge < -0.3 is 14.2 Å². The van der Waals surface area contributed by atoms with Crippen LogP contribution in [0.2, 0.25) is 0 Å². The first-order valence-corrected chi connectivity index (χ1v) is 32.8. The summed E-state index contributed by atoms with van der Waals surface area (Å²) in [5.41, 5.74) is 0. The van der Waals surface area contributed by atoms with Crippen molar-refractivity contribution in [3.63, 3.8) is 0 Å². The van der Waals surface area contributed by atoms with Gasteiger partial charge in [-0.25, -0.2) is 0 Å². The van der Waals surface area contributed by atoms with Crippen molar-refractivity contribution >= 4 is 17.9 Å². The van der Waals surface area contributed by atoms with E-state index in [1.807, 2.05) is 0 Å². The summed E-state index contributed by atoms with van der Waals surface area (Å²) in [6.07, 6.45) is 74.7. The molecule has 0 rings (SSSR count). The average molecular weight is 1030 g/mol. The average Bonchev–Trinajstić information content (AvgIpc) is 3.39. The Labute approximate surface area is 455 Å². The van der Waals surface area contributed by atoms with Crippen LogP contribution >= 0.6 is 0 Å². The Balaban J connectivity index is 4.30. The molecule has 0 spiro atoms. The van der Waals surface area contributed by atoms with Crippen molar-refractivity contribution in [1.82, 2.24) is 0 Å². The van der Waals surface area contributed by atoms with E-state index >= 15 is 0 Å². The van der Waals surface area contributed by atoms with Gasteiger partial charge in [-0.15, -0.1) is 0 Å². The van der Waals surface area contributed by atoms with E-state index in [4.69, 9.17) is 14.2 Å². The maximum atomic E-state index is 12.9. The summed E-state index contributed by atoms with van der Waals surface area (Å²) in [4.78, 5) is 38.3. The van der Waals surface area contributed by atoms with Crippen molar-refractivity contribution in [3.8, 4) is 0 Å². The van der Waals surface area contributed by atoms with E-state index < -0.39 is 6.10 Å². The molecule has 73 heavy (non-hydrogen) atoms. The zero-order valence-corrected chi connectivity index (χ0v) is 49.4. The number of rotatable bonds is 61. The Morgan fingerprint density at radius 1 is 0.274 bits per heavy atom. The van der Waals surface area contributed by atoms with Gasteiger partial charge in [-0.05, 0) is 51.4 Å². The number of carbonyl (C=O) groups is 3. The van der Waals surface area contributed by atoms with Gasteiger partial charge >= 0.3 is 17.9 Å². The highest BCUT2D eigenvalue weighted by atomic mass is 16.6. The highest BCUT2D eigenvalue weighted by Crippen LogP contribution is 2.18. The van der Waals surface area contributed by atoms with Crippen LogP contribution in [0.25, 0.3) is 0 Å². The van der Waals surface area contributed by atoms with Crippen LogP contribution in [-0.2, 0) is 28.6 Å². The molecule has 0 aliphatic heterocycles. The normalized spacial score (nSPS) is 12.1. The maximum absolute atomic E-state index is 12.9. The first-order valence-electron chi connectivity index (χ1n) is 32.8. The van der Waals surface area contributed by atoms with Gasteiger partial charge in [-0.1, -0.05) is 321 Å². The summed E-state index contributed by atoms with van der Waals surface area (Å²) in [5, 5.41) is 0. The van der Waals surface area contributed by atoms with Crippen molar-refractivity contribution in [2.24, 2.45) is 0 Å². The molecule has 0 aliphatic rings. The lowest BCUT2D eigenvalue weighted by Crippen LogP contribution is -2.30. The monoisotopic (exact) mass is 1030 g/mol. The molecule has 0 saturated carbocycles. The predicted octanol–water partition coefficient (Wildman–Crippen LogP) is 22.2. The Hall–Kier alpha value is -2.11. The molecule has 0 aromatic rings. The number of unbranched alkanes of at least 4 members (excludes halogenated alkanes) is 46. The molecule has 1 atom stereocenters. The quantitative estimate of drug-likeness (QED) is 0.0261. The summed E-state index contributed by atoms with van der Waals surface area (Å²) < 4.78 is 17.0. The summed E-state index contributed by atoms with van der Waals surface area (Å²) in [6.45, 7) is 6.69. The SMILES string of the molecule is CCCCC/C=C\C/C=C\CCCCCCCCCCCC(=O)OC[C@H](COC(=O)CCCCCCCCCCCCCCCCC)OC(=O)CCCCCCCCCCCCCCCCCCCCCCC. The third kappa shape index (κ3) is 60.6. The Morgan fingerprint density at radius 2 is 0.493 bits per heavy atom. The van der Waals surface area contributed by atoms with Crippen LogP contribution in [0.15, 0.2) is 24.3 Å². The van der Waals surface area contributed by atoms with E-state index in [1.165, 1.54) is 263 Å². The van der Waals surface area contributed by atoms with E-state index in [0.29, 0.717) is 19.3 Å². The summed E-state index contributed by atoms with van der Waals surface area (Å²) in [7, 11) is 0. The van der Waals surface area contributed by atoms with Gasteiger partial charge in [0.25, 0.3) is 0 Å². The number of hydrogen-bond acceptors (Lipinski definition) is 6. The molecule has 0 aliphatic carbocycles. The third-order valence-corrected chi connectivity index (χ3v) is 15.0. The first-order chi connectivity index (χ1) is 36.0. The predicted molar refractivity (Wildman–Crippen MR) is 316 cm³/mol. The van der Waals surface area contributed by atoms with E-state index in [-0.39, 0.29) is 31.1 Å². The van der Waals surface area contributed by atoms with Crippen LogP contribution in [0.5, 0.6) is 0 Å². The molecule has 0 aromatic heterocycles. The number of allylic oxidation sites excluding steroid dienone is 4. The van der Waals surface area contributed by atoms with E-state index in [1.54, 1.807) is 0 Å². The summed E-state index contributed by atoms with van der Waals surface area (Å²) in [6, 6.07) is 0. The van der Waals surface area contributed by atoms with Gasteiger partial charge in [-0.2, -0.15) is 0 Å². The molecule has 0 amide bonds. The topological polar surface area (TPSA) is 78.9 Å². The molecular formula is C67H126O6. The molecule has 0 N–H and O–H groups in total. The van der Waals surface area contributed by atoms with Gasteiger partial charge in [0.15, 0.2) is 6.10 Å². The van der Waals surface area contributed by atoms with Gasteiger partial charge in [0.1, 0.15) is 13.2 Å². The second-order valence-corrected chi connectivity index (χ2v) is 22.4. The Kier molecular flexibility index (Phi) is 60.6. The zero-order valence-electron chi connectivity index (χ0n) is 49.4. The minimum Gasteiger partial charge on any atom is -0.462 e. The molecular weight excluding hydrogens is 901 g/mol. The van der Waals surface area contributed by atoms with Crippen molar-refractivity contribution in [1.29, 1.82) is 0 Å². The lowest BCUT2D eigenvalue weighted by Gasteiger charge is -2.18. The molecule has 0 heterocycles. The Morgan fingerprint density at radius 3 is 0.781 bits per heavy atom. The standard InChI is InChI=1S/C67H126O6/c1-4-7-10-13-16-19-22-25-28-30-32-33-35-37-40-43-46-49-52-55-58-61-67(70)73-64(62-71-65(68)59-56-53-50-47-44-41-38-27-24-21-18-15-12-9-6-3)63-72-66(69)60-57-54-51-48-45-42-39-36-34-31-29-26-23-20-17-14-11-8-5-2/h17,20,26,29,64H,4-16,18-19,21-25,27-28,30-63H2,1-3H3/b20-17-,29-26-/t64-/m0/s1. The minimum absolute atomic E-state index is 0.0660. The lowest BCUT2D eigenvalue weighted by molar-refractivity contribution is -0.167. The molecule has 430 valence electrons. The van der Waals surface area contributed by atoms with Crippen LogP contribution in [0.3, 0.4) is 0 Å². The zero-order chi connectivity index (χ0) is 52.9. The Bertz CT molecular complexity index is 1180. The third-order valence-electron chi connectivity index (χ3n) is 15.0. The van der Waals surface area contributed by atoms with Crippen molar-refractivity contribution in [2.75, 3.05) is 13.2 Å². The number of esters is 3. The lowest BCUT2D eigenvalue weighted by atomic mass is 10.0. The molecule has 0 saturated heterocycles. The summed E-state index contributed by atoms with van der Waals surface area (Å²) >= 11 is 0. The second-order valence-electron chi connectivity index (χ2n) is 22.4. The molecule has 6 heteroatoms. The van der Waals surface area contributed by atoms with Crippen LogP contribution in [0.4, 0.5) is 0 Å². The minimum atomic E-state index is -0.769. The summed E-state index contributed by atoms with van der Waals surface area (Å²) in [5.74, 6) is -0.840. The van der Waals surface area contributed by atoms with Gasteiger partial charge in [0.05, 0.1) is 0 Å². The first kappa shape index (κ1) is 70.9. The highest BCUT2D eigenvalue weighted by molar-refractivity contribution is 5.71. The van der Waals surface area contributed by atoms with Crippen LogP contribution in [0.1, 0.15) is 367 Å². The number of carbonyl (C=O) groups excluding carboxylic acids is 3. The second kappa shape index (κ2) is 62.4. The fraction of sp³-hybridized carbons (Fsp3) is 0.896. The molecule has 6 nitrogen and oxygen atoms in total. The fourth-order valence-electron chi connectivity index (χ4n) is 10.0. The van der Waals surface area contributed by atoms with Gasteiger partial charge in [0.2, 0.25) is 0 Å². The van der Waals surface area contributed by atoms with Crippen molar-refractivity contribution in [3.05, 3.63) is 24.3 Å². The number of ether oxygens (including phenoxy) is 3. The van der Waals surface area contributed by atoms with Gasteiger partial charge in [0, 0.05) is 19.3 Å². The smallest absolute Gasteiger partial charge is 0.306 e. The molecule has 0 fully saturated rings. The molecule has 0 aromatic carbocycles. The van der Waals surface area contributed by atoms with Crippen molar-refractivity contribution < 1.29 is 28.6 Å². The van der Waals surface area contributed by atoms with Crippen LogP contribution in [0, 0.1) is 0 Å². The fourth-order valence-corrected chi connectivity index (χ4v) is 10.0. The van der Waals surface area contributed by atoms with Crippen LogP contribution in [-0.4, -0.2) is 37.2 Å². The maximum Gasteiger partial charge on any atom is 0.306 e. The van der Waals surface area contributed by atoms with Gasteiger partial charge in [-0.3, -0.25) is 14.4 Å². The number of hydrogen-bond donors (Lipinski definition) is 0. The van der Waals surface area contributed by atoms with Crippen molar-refractivity contribution in [2.45, 2.75) is 374 Å². The largest absolute Gasteiger partial charge is 0.462 e. The van der Waals surface area contributed by atoms with E-state index in [9.17, 15) is 14.4 Å². The molecule has 0 radical (unpaired) electrons. The van der Waals surface area contributed by atoms with Crippen LogP contribution < -0.4 is 0 Å². The molecule has 0 bridgehead atoms. The molecule has 0 unspecified atom stereocenters. The van der Waals surface area contributed by atoms with E-state index in [0.717, 1.165) is 64.2 Å². The highest BCUT2D eigenvalue weighted by Gasteiger charge is 2.19. The van der Waals surface area contributed by atoms with E-state index in [2.05, 4.69) is 45.1 Å².